The molecule has 0 saturated carbocycles. The Kier molecular flexibility index (Phi) is 9.58. The number of carbonyl (C=O) groups excluding carboxylic acids is 1. The van der Waals surface area contributed by atoms with Crippen LogP contribution in [0.2, 0.25) is 0 Å². The normalized spacial score (nSPS) is 12.8. The van der Waals surface area contributed by atoms with Gasteiger partial charge in [-0.15, -0.1) is 0 Å². The van der Waals surface area contributed by atoms with Crippen LogP contribution in [0.3, 0.4) is 0 Å². The molecule has 0 radical (unpaired) electrons. The number of nitrogens with one attached hydrogen (secondary N) is 2. The fourth-order valence-electron chi connectivity index (χ4n) is 3.79. The van der Waals surface area contributed by atoms with Gasteiger partial charge >= 0.3 is 0 Å². The van der Waals surface area contributed by atoms with Gasteiger partial charge in [-0.3, -0.25) is 9.78 Å². The molecule has 1 amide bonds. The van der Waals surface area contributed by atoms with Crippen molar-refractivity contribution in [2.45, 2.75) is 44.9 Å². The number of aliphatic hydroxyl groups is 2. The molecule has 1 heterocycles. The van der Waals surface area contributed by atoms with E-state index in [1.165, 1.54) is 6.07 Å². The van der Waals surface area contributed by atoms with Crippen LogP contribution < -0.4 is 10.6 Å². The lowest BCUT2D eigenvalue weighted by Gasteiger charge is -2.18. The second-order valence-corrected chi connectivity index (χ2v) is 8.49. The summed E-state index contributed by atoms with van der Waals surface area (Å²) in [4.78, 5) is 16.6. The minimum atomic E-state index is -0.755. The van der Waals surface area contributed by atoms with Crippen molar-refractivity contribution in [2.24, 2.45) is 0 Å². The molecule has 0 saturated heterocycles. The third-order valence-corrected chi connectivity index (χ3v) is 5.65. The molecule has 0 unspecified atom stereocenters. The number of carbonyl (C=O) groups is 1. The Morgan fingerprint density at radius 2 is 1.88 bits per heavy atom. The van der Waals surface area contributed by atoms with Crippen LogP contribution in [0.25, 0.3) is 0 Å². The van der Waals surface area contributed by atoms with E-state index in [0.717, 1.165) is 23.2 Å². The van der Waals surface area contributed by atoms with Gasteiger partial charge in [0.1, 0.15) is 5.75 Å². The molecule has 3 aromatic rings. The predicted molar refractivity (Wildman–Crippen MR) is 131 cm³/mol. The van der Waals surface area contributed by atoms with E-state index < -0.39 is 6.10 Å². The van der Waals surface area contributed by atoms with Crippen LogP contribution in [0.4, 0.5) is 0 Å². The average Bonchev–Trinajstić information content (AvgIpc) is 2.83. The molecule has 1 aromatic heterocycles. The zero-order valence-corrected chi connectivity index (χ0v) is 19.4. The number of amides is 1. The van der Waals surface area contributed by atoms with Crippen molar-refractivity contribution in [1.82, 2.24) is 15.6 Å². The fourth-order valence-corrected chi connectivity index (χ4v) is 3.79. The van der Waals surface area contributed by atoms with Gasteiger partial charge in [-0.05, 0) is 54.3 Å². The third kappa shape index (κ3) is 7.95. The van der Waals surface area contributed by atoms with Gasteiger partial charge in [0.15, 0.2) is 0 Å². The second-order valence-electron chi connectivity index (χ2n) is 8.49. The molecule has 5 N–H and O–H groups in total. The largest absolute Gasteiger partial charge is 0.508 e. The SMILES string of the molecule is C[C@H](Cc1cccc(CC(=O)NCCc2ccccn2)c1)NC[C@H](O)c1ccc(O)c(CO)c1. The van der Waals surface area contributed by atoms with Gasteiger partial charge in [-0.2, -0.15) is 0 Å². The maximum atomic E-state index is 12.3. The number of aromatic hydroxyl groups is 1. The van der Waals surface area contributed by atoms with Crippen molar-refractivity contribution in [3.8, 4) is 5.75 Å². The molecule has 34 heavy (non-hydrogen) atoms. The standard InChI is InChI=1S/C27H33N3O4/c1-19(30-17-26(33)22-8-9-25(32)23(16-22)18-31)13-20-5-4-6-21(14-20)15-27(34)29-12-10-24-7-2-3-11-28-24/h2-9,11,14,16,19,26,30-33H,10,12-13,15,17-18H2,1H3,(H,29,34)/t19-,26+/m1/s1. The molecule has 0 aliphatic rings. The molecule has 0 aliphatic heterocycles. The van der Waals surface area contributed by atoms with E-state index >= 15 is 0 Å². The van der Waals surface area contributed by atoms with Crippen LogP contribution in [-0.4, -0.2) is 45.3 Å². The Hall–Kier alpha value is -3.26. The second kappa shape index (κ2) is 12.8. The van der Waals surface area contributed by atoms with Crippen LogP contribution in [0, 0.1) is 0 Å². The Bertz CT molecular complexity index is 1060. The Labute approximate surface area is 200 Å². The van der Waals surface area contributed by atoms with Gasteiger partial charge in [0, 0.05) is 43.0 Å². The van der Waals surface area contributed by atoms with Gasteiger partial charge < -0.3 is 26.0 Å². The first kappa shape index (κ1) is 25.4. The number of benzene rings is 2. The van der Waals surface area contributed by atoms with Gasteiger partial charge in [-0.1, -0.05) is 36.4 Å². The van der Waals surface area contributed by atoms with E-state index in [0.29, 0.717) is 37.1 Å². The summed E-state index contributed by atoms with van der Waals surface area (Å²) in [5, 5.41) is 35.7. The van der Waals surface area contributed by atoms with Crippen molar-refractivity contribution in [1.29, 1.82) is 0 Å². The summed E-state index contributed by atoms with van der Waals surface area (Å²) in [5.74, 6) is 0.0000618. The lowest BCUT2D eigenvalue weighted by atomic mass is 10.0. The number of phenols is 1. The molecule has 7 heteroatoms. The van der Waals surface area contributed by atoms with E-state index in [1.807, 2.05) is 49.4 Å². The van der Waals surface area contributed by atoms with Crippen LogP contribution in [0.15, 0.2) is 66.9 Å². The van der Waals surface area contributed by atoms with Crippen molar-refractivity contribution in [2.75, 3.05) is 13.1 Å². The Morgan fingerprint density at radius 1 is 1.06 bits per heavy atom. The first-order valence-electron chi connectivity index (χ1n) is 11.5. The number of hydrogen-bond donors (Lipinski definition) is 5. The summed E-state index contributed by atoms with van der Waals surface area (Å²) < 4.78 is 0. The van der Waals surface area contributed by atoms with Crippen LogP contribution in [-0.2, 0) is 30.7 Å². The minimum absolute atomic E-state index is 0.0153. The maximum Gasteiger partial charge on any atom is 0.224 e. The number of hydrogen-bond acceptors (Lipinski definition) is 6. The third-order valence-electron chi connectivity index (χ3n) is 5.65. The summed E-state index contributed by atoms with van der Waals surface area (Å²) in [6, 6.07) is 18.6. The Balaban J connectivity index is 1.44. The summed E-state index contributed by atoms with van der Waals surface area (Å²) in [6.07, 6.45) is 2.77. The summed E-state index contributed by atoms with van der Waals surface area (Å²) in [7, 11) is 0. The highest BCUT2D eigenvalue weighted by atomic mass is 16.3. The zero-order chi connectivity index (χ0) is 24.3. The molecule has 0 spiro atoms. The highest BCUT2D eigenvalue weighted by molar-refractivity contribution is 5.78. The van der Waals surface area contributed by atoms with E-state index in [1.54, 1.807) is 18.3 Å². The van der Waals surface area contributed by atoms with Gasteiger partial charge in [0.2, 0.25) is 5.91 Å². The molecule has 3 rings (SSSR count). The van der Waals surface area contributed by atoms with Crippen LogP contribution in [0.1, 0.15) is 41.0 Å². The fraction of sp³-hybridized carbons (Fsp3) is 0.333. The van der Waals surface area contributed by atoms with Gasteiger partial charge in [0.05, 0.1) is 19.1 Å². The number of pyridine rings is 1. The lowest BCUT2D eigenvalue weighted by Crippen LogP contribution is -2.32. The lowest BCUT2D eigenvalue weighted by molar-refractivity contribution is -0.120. The number of aromatic nitrogens is 1. The van der Waals surface area contributed by atoms with Gasteiger partial charge in [0.25, 0.3) is 0 Å². The smallest absolute Gasteiger partial charge is 0.224 e. The molecule has 2 aromatic carbocycles. The monoisotopic (exact) mass is 463 g/mol. The van der Waals surface area contributed by atoms with Crippen molar-refractivity contribution in [3.05, 3.63) is 94.8 Å². The van der Waals surface area contributed by atoms with Crippen molar-refractivity contribution < 1.29 is 20.1 Å². The maximum absolute atomic E-state index is 12.3. The van der Waals surface area contributed by atoms with Crippen LogP contribution >= 0.6 is 0 Å². The average molecular weight is 464 g/mol. The van der Waals surface area contributed by atoms with Crippen molar-refractivity contribution >= 4 is 5.91 Å². The van der Waals surface area contributed by atoms with E-state index in [4.69, 9.17) is 0 Å². The molecular formula is C27H33N3O4. The molecule has 180 valence electrons. The molecule has 0 fully saturated rings. The topological polar surface area (TPSA) is 115 Å². The summed E-state index contributed by atoms with van der Waals surface area (Å²) in [5.41, 5.74) is 4.05. The molecule has 0 aliphatic carbocycles. The van der Waals surface area contributed by atoms with E-state index in [9.17, 15) is 20.1 Å². The predicted octanol–water partition coefficient (Wildman–Crippen LogP) is 2.44. The molecule has 7 nitrogen and oxygen atoms in total. The molecule has 2 atom stereocenters. The summed E-state index contributed by atoms with van der Waals surface area (Å²) >= 11 is 0. The van der Waals surface area contributed by atoms with Crippen molar-refractivity contribution in [3.63, 3.8) is 0 Å². The highest BCUT2D eigenvalue weighted by Gasteiger charge is 2.13. The number of nitrogens with zero attached hydrogens (tertiary/aromatic N) is 1. The molecule has 0 bridgehead atoms. The highest BCUT2D eigenvalue weighted by Crippen LogP contribution is 2.22. The zero-order valence-electron chi connectivity index (χ0n) is 19.4. The first-order chi connectivity index (χ1) is 16.4. The quantitative estimate of drug-likeness (QED) is 0.282. The van der Waals surface area contributed by atoms with E-state index in [-0.39, 0.29) is 24.3 Å². The molecular weight excluding hydrogens is 430 g/mol. The van der Waals surface area contributed by atoms with Crippen LogP contribution in [0.5, 0.6) is 5.75 Å². The Morgan fingerprint density at radius 3 is 2.65 bits per heavy atom. The number of rotatable bonds is 12. The number of aliphatic hydroxyl groups excluding tert-OH is 2. The first-order valence-corrected chi connectivity index (χ1v) is 11.5. The van der Waals surface area contributed by atoms with E-state index in [2.05, 4.69) is 15.6 Å². The van der Waals surface area contributed by atoms with Gasteiger partial charge in [-0.25, -0.2) is 0 Å². The summed E-state index contributed by atoms with van der Waals surface area (Å²) in [6.45, 7) is 2.66. The minimum Gasteiger partial charge on any atom is -0.508 e.